The molecule has 0 saturated heterocycles. The Morgan fingerprint density at radius 2 is 2.14 bits per heavy atom. The van der Waals surface area contributed by atoms with Gasteiger partial charge in [0.25, 0.3) is 0 Å². The number of hydrogen-bond donors (Lipinski definition) is 0. The maximum absolute atomic E-state index is 13.9. The third-order valence-corrected chi connectivity index (χ3v) is 4.78. The summed E-state index contributed by atoms with van der Waals surface area (Å²) >= 11 is 6.23. The molecule has 1 aromatic carbocycles. The Hall–Kier alpha value is -1.09. The van der Waals surface area contributed by atoms with Gasteiger partial charge in [0.05, 0.1) is 10.9 Å². The SMILES string of the molecule is CC(Cl)c1nc2c(F)cccc2n1CCCC1CCCC1. The number of rotatable bonds is 5. The minimum absolute atomic E-state index is 0.205. The molecule has 1 aliphatic rings. The van der Waals surface area contributed by atoms with Gasteiger partial charge in [-0.15, -0.1) is 11.6 Å². The van der Waals surface area contributed by atoms with Crippen LogP contribution in [0.25, 0.3) is 11.0 Å². The van der Waals surface area contributed by atoms with Gasteiger partial charge in [-0.25, -0.2) is 9.37 Å². The summed E-state index contributed by atoms with van der Waals surface area (Å²) in [5, 5.41) is -0.205. The van der Waals surface area contributed by atoms with Crippen molar-refractivity contribution in [2.45, 2.75) is 57.4 Å². The summed E-state index contributed by atoms with van der Waals surface area (Å²) < 4.78 is 16.0. The molecule has 0 spiro atoms. The highest BCUT2D eigenvalue weighted by Gasteiger charge is 2.18. The van der Waals surface area contributed by atoms with E-state index in [1.165, 1.54) is 38.2 Å². The number of imidazole rings is 1. The quantitative estimate of drug-likeness (QED) is 0.672. The van der Waals surface area contributed by atoms with Gasteiger partial charge in [0, 0.05) is 6.54 Å². The lowest BCUT2D eigenvalue weighted by Gasteiger charge is -2.12. The molecule has 1 atom stereocenters. The Bertz CT molecular complexity index is 615. The molecule has 0 N–H and O–H groups in total. The van der Waals surface area contributed by atoms with Crippen molar-refractivity contribution in [1.82, 2.24) is 9.55 Å². The summed E-state index contributed by atoms with van der Waals surface area (Å²) in [7, 11) is 0. The van der Waals surface area contributed by atoms with Crippen molar-refractivity contribution < 1.29 is 4.39 Å². The van der Waals surface area contributed by atoms with E-state index in [0.29, 0.717) is 5.52 Å². The highest BCUT2D eigenvalue weighted by atomic mass is 35.5. The van der Waals surface area contributed by atoms with Crippen LogP contribution >= 0.6 is 11.6 Å². The van der Waals surface area contributed by atoms with Gasteiger partial charge >= 0.3 is 0 Å². The van der Waals surface area contributed by atoms with Gasteiger partial charge < -0.3 is 4.57 Å². The molecule has 1 unspecified atom stereocenters. The second kappa shape index (κ2) is 6.35. The number of nitrogens with zero attached hydrogens (tertiary/aromatic N) is 2. The van der Waals surface area contributed by atoms with Crippen molar-refractivity contribution in [3.63, 3.8) is 0 Å². The Balaban J connectivity index is 1.81. The fourth-order valence-electron chi connectivity index (χ4n) is 3.51. The maximum atomic E-state index is 13.9. The first-order valence-corrected chi connectivity index (χ1v) is 8.39. The van der Waals surface area contributed by atoms with E-state index in [-0.39, 0.29) is 11.2 Å². The lowest BCUT2D eigenvalue weighted by Crippen LogP contribution is -2.06. The summed E-state index contributed by atoms with van der Waals surface area (Å²) in [5.41, 5.74) is 1.31. The van der Waals surface area contributed by atoms with Gasteiger partial charge in [0.2, 0.25) is 0 Å². The highest BCUT2D eigenvalue weighted by Crippen LogP contribution is 2.30. The first kappa shape index (κ1) is 14.8. The molecule has 2 nitrogen and oxygen atoms in total. The second-order valence-electron chi connectivity index (χ2n) is 6.14. The molecule has 114 valence electrons. The Labute approximate surface area is 130 Å². The average Bonchev–Trinajstić information content (AvgIpc) is 3.08. The monoisotopic (exact) mass is 308 g/mol. The summed E-state index contributed by atoms with van der Waals surface area (Å²) in [4.78, 5) is 4.42. The fraction of sp³-hybridized carbons (Fsp3) is 0.588. The van der Waals surface area contributed by atoms with E-state index in [4.69, 9.17) is 11.6 Å². The number of hydrogen-bond acceptors (Lipinski definition) is 1. The molecule has 1 aliphatic carbocycles. The van der Waals surface area contributed by atoms with Crippen LogP contribution in [0, 0.1) is 11.7 Å². The van der Waals surface area contributed by atoms with E-state index >= 15 is 0 Å². The molecule has 1 heterocycles. The number of para-hydroxylation sites is 1. The Morgan fingerprint density at radius 1 is 1.38 bits per heavy atom. The van der Waals surface area contributed by atoms with Gasteiger partial charge in [0.15, 0.2) is 5.82 Å². The van der Waals surface area contributed by atoms with Crippen LogP contribution in [0.5, 0.6) is 0 Å². The van der Waals surface area contributed by atoms with Gasteiger partial charge in [0.1, 0.15) is 11.3 Å². The fourth-order valence-corrected chi connectivity index (χ4v) is 3.67. The van der Waals surface area contributed by atoms with Crippen LogP contribution in [0.15, 0.2) is 18.2 Å². The lowest BCUT2D eigenvalue weighted by atomic mass is 10.0. The van der Waals surface area contributed by atoms with Crippen LogP contribution in [-0.2, 0) is 6.54 Å². The first-order chi connectivity index (χ1) is 10.2. The van der Waals surface area contributed by atoms with E-state index in [1.54, 1.807) is 6.07 Å². The van der Waals surface area contributed by atoms with Crippen molar-refractivity contribution in [2.24, 2.45) is 5.92 Å². The number of aryl methyl sites for hydroxylation is 1. The topological polar surface area (TPSA) is 17.8 Å². The first-order valence-electron chi connectivity index (χ1n) is 7.95. The zero-order chi connectivity index (χ0) is 14.8. The number of alkyl halides is 1. The van der Waals surface area contributed by atoms with Crippen LogP contribution in [-0.4, -0.2) is 9.55 Å². The molecule has 3 rings (SSSR count). The van der Waals surface area contributed by atoms with Crippen LogP contribution in [0.4, 0.5) is 4.39 Å². The number of aromatic nitrogens is 2. The predicted octanol–water partition coefficient (Wildman–Crippen LogP) is 5.45. The van der Waals surface area contributed by atoms with E-state index in [9.17, 15) is 4.39 Å². The normalized spacial score (nSPS) is 17.7. The predicted molar refractivity (Wildman–Crippen MR) is 85.2 cm³/mol. The van der Waals surface area contributed by atoms with E-state index in [0.717, 1.165) is 30.2 Å². The zero-order valence-electron chi connectivity index (χ0n) is 12.5. The highest BCUT2D eigenvalue weighted by molar-refractivity contribution is 6.20. The molecular formula is C17H22ClFN2. The van der Waals surface area contributed by atoms with Crippen molar-refractivity contribution in [3.8, 4) is 0 Å². The molecule has 0 amide bonds. The summed E-state index contributed by atoms with van der Waals surface area (Å²) in [6.45, 7) is 2.77. The average molecular weight is 309 g/mol. The smallest absolute Gasteiger partial charge is 0.151 e. The van der Waals surface area contributed by atoms with Crippen molar-refractivity contribution >= 4 is 22.6 Å². The van der Waals surface area contributed by atoms with Crippen LogP contribution in [0.2, 0.25) is 0 Å². The number of fused-ring (bicyclic) bond motifs is 1. The third-order valence-electron chi connectivity index (χ3n) is 4.58. The standard InChI is InChI=1S/C17H22ClFN2/c1-12(18)17-20-16-14(19)9-4-10-15(16)21(17)11-5-8-13-6-2-3-7-13/h4,9-10,12-13H,2-3,5-8,11H2,1H3. The lowest BCUT2D eigenvalue weighted by molar-refractivity contribution is 0.457. The number of halogens is 2. The summed E-state index contributed by atoms with van der Waals surface area (Å²) in [5.74, 6) is 1.40. The van der Waals surface area contributed by atoms with Crippen molar-refractivity contribution in [2.75, 3.05) is 0 Å². The molecule has 1 saturated carbocycles. The maximum Gasteiger partial charge on any atom is 0.151 e. The minimum Gasteiger partial charge on any atom is -0.327 e. The molecule has 0 radical (unpaired) electrons. The zero-order valence-corrected chi connectivity index (χ0v) is 13.2. The molecule has 1 aromatic heterocycles. The van der Waals surface area contributed by atoms with E-state index in [2.05, 4.69) is 9.55 Å². The Morgan fingerprint density at radius 3 is 2.86 bits per heavy atom. The van der Waals surface area contributed by atoms with Crippen LogP contribution in [0.3, 0.4) is 0 Å². The summed E-state index contributed by atoms with van der Waals surface area (Å²) in [6, 6.07) is 5.14. The molecular weight excluding hydrogens is 287 g/mol. The molecule has 2 aromatic rings. The summed E-state index contributed by atoms with van der Waals surface area (Å²) in [6.07, 6.45) is 7.88. The van der Waals surface area contributed by atoms with Gasteiger partial charge in [-0.1, -0.05) is 31.7 Å². The molecule has 1 fully saturated rings. The van der Waals surface area contributed by atoms with Gasteiger partial charge in [-0.2, -0.15) is 0 Å². The molecule has 0 bridgehead atoms. The van der Waals surface area contributed by atoms with E-state index < -0.39 is 0 Å². The third kappa shape index (κ3) is 3.08. The van der Waals surface area contributed by atoms with Crippen molar-refractivity contribution in [3.05, 3.63) is 29.8 Å². The van der Waals surface area contributed by atoms with Crippen molar-refractivity contribution in [1.29, 1.82) is 0 Å². The van der Waals surface area contributed by atoms with Crippen LogP contribution in [0.1, 0.15) is 56.7 Å². The molecule has 4 heteroatoms. The number of benzene rings is 1. The molecule has 0 aliphatic heterocycles. The second-order valence-corrected chi connectivity index (χ2v) is 6.79. The van der Waals surface area contributed by atoms with E-state index in [1.807, 2.05) is 13.0 Å². The molecule has 21 heavy (non-hydrogen) atoms. The minimum atomic E-state index is -0.263. The van der Waals surface area contributed by atoms with Crippen LogP contribution < -0.4 is 0 Å². The largest absolute Gasteiger partial charge is 0.327 e. The van der Waals surface area contributed by atoms with Gasteiger partial charge in [-0.3, -0.25) is 0 Å². The Kier molecular flexibility index (Phi) is 4.48. The van der Waals surface area contributed by atoms with Gasteiger partial charge in [-0.05, 0) is 37.8 Å².